The number of carbonyl (C=O) groups excluding carboxylic acids is 1. The molecule has 1 saturated heterocycles. The molecule has 0 aromatic carbocycles. The number of rotatable bonds is 4. The molecule has 1 aliphatic carbocycles. The van der Waals surface area contributed by atoms with Gasteiger partial charge in [-0.3, -0.25) is 14.4 Å². The van der Waals surface area contributed by atoms with Crippen LogP contribution in [0.3, 0.4) is 0 Å². The standard InChI is InChI=1S/C18H24N2O4/c1-11(2)6-14-7-12(8-15(21)19-14)16(22)20-9-13-4-3-5-18(13,10-20)17(23)24/h7-8,11,13H,3-6,9-10H2,1-2H3,(H,19,21)(H,23,24)/t13-,18+/m0/s1. The molecule has 0 spiro atoms. The molecule has 0 unspecified atom stereocenters. The highest BCUT2D eigenvalue weighted by Crippen LogP contribution is 2.49. The van der Waals surface area contributed by atoms with E-state index < -0.39 is 11.4 Å². The second kappa shape index (κ2) is 6.07. The minimum Gasteiger partial charge on any atom is -0.481 e. The molecule has 2 N–H and O–H groups in total. The van der Waals surface area contributed by atoms with E-state index in [0.29, 0.717) is 30.9 Å². The van der Waals surface area contributed by atoms with Crippen LogP contribution in [0, 0.1) is 17.3 Å². The summed E-state index contributed by atoms with van der Waals surface area (Å²) >= 11 is 0. The van der Waals surface area contributed by atoms with Crippen molar-refractivity contribution in [1.82, 2.24) is 9.88 Å². The Morgan fingerprint density at radius 2 is 2.17 bits per heavy atom. The van der Waals surface area contributed by atoms with Crippen molar-refractivity contribution in [1.29, 1.82) is 0 Å². The molecule has 2 aliphatic rings. The molecule has 130 valence electrons. The second-order valence-corrected chi connectivity index (χ2v) is 7.59. The van der Waals surface area contributed by atoms with Crippen LogP contribution < -0.4 is 5.56 Å². The lowest BCUT2D eigenvalue weighted by Gasteiger charge is -2.23. The van der Waals surface area contributed by atoms with Crippen molar-refractivity contribution >= 4 is 11.9 Å². The van der Waals surface area contributed by atoms with E-state index in [1.54, 1.807) is 11.0 Å². The number of hydrogen-bond donors (Lipinski definition) is 2. The van der Waals surface area contributed by atoms with Crippen LogP contribution in [0.1, 0.15) is 49.2 Å². The second-order valence-electron chi connectivity index (χ2n) is 7.59. The molecule has 6 nitrogen and oxygen atoms in total. The number of carbonyl (C=O) groups is 2. The molecular weight excluding hydrogens is 308 g/mol. The van der Waals surface area contributed by atoms with Gasteiger partial charge < -0.3 is 15.0 Å². The fourth-order valence-electron chi connectivity index (χ4n) is 4.25. The summed E-state index contributed by atoms with van der Waals surface area (Å²) in [5, 5.41) is 9.64. The maximum Gasteiger partial charge on any atom is 0.311 e. The average Bonchev–Trinajstić information content (AvgIpc) is 3.02. The third-order valence-electron chi connectivity index (χ3n) is 5.36. The van der Waals surface area contributed by atoms with Gasteiger partial charge in [0.2, 0.25) is 5.56 Å². The lowest BCUT2D eigenvalue weighted by Crippen LogP contribution is -2.37. The molecule has 2 heterocycles. The van der Waals surface area contributed by atoms with Gasteiger partial charge in [-0.25, -0.2) is 0 Å². The third kappa shape index (κ3) is 2.85. The lowest BCUT2D eigenvalue weighted by molar-refractivity contribution is -0.149. The quantitative estimate of drug-likeness (QED) is 0.881. The third-order valence-corrected chi connectivity index (χ3v) is 5.36. The molecule has 1 aromatic heterocycles. The van der Waals surface area contributed by atoms with Crippen LogP contribution in [0.5, 0.6) is 0 Å². The van der Waals surface area contributed by atoms with Crippen LogP contribution in [0.2, 0.25) is 0 Å². The molecule has 1 saturated carbocycles. The van der Waals surface area contributed by atoms with Gasteiger partial charge in [-0.15, -0.1) is 0 Å². The molecular formula is C18H24N2O4. The van der Waals surface area contributed by atoms with E-state index in [2.05, 4.69) is 4.98 Å². The largest absolute Gasteiger partial charge is 0.481 e. The van der Waals surface area contributed by atoms with Crippen LogP contribution >= 0.6 is 0 Å². The van der Waals surface area contributed by atoms with E-state index in [0.717, 1.165) is 18.5 Å². The Bertz CT molecular complexity index is 724. The van der Waals surface area contributed by atoms with E-state index in [9.17, 15) is 19.5 Å². The average molecular weight is 332 g/mol. The van der Waals surface area contributed by atoms with E-state index in [-0.39, 0.29) is 23.9 Å². The summed E-state index contributed by atoms with van der Waals surface area (Å²) in [5.74, 6) is -0.642. The van der Waals surface area contributed by atoms with Gasteiger partial charge in [-0.05, 0) is 37.2 Å². The summed E-state index contributed by atoms with van der Waals surface area (Å²) in [6, 6.07) is 3.04. The van der Waals surface area contributed by atoms with Crippen molar-refractivity contribution in [3.05, 3.63) is 33.7 Å². The minimum atomic E-state index is -0.799. The van der Waals surface area contributed by atoms with Gasteiger partial charge in [-0.2, -0.15) is 0 Å². The molecule has 1 aromatic rings. The number of carboxylic acids is 1. The monoisotopic (exact) mass is 332 g/mol. The summed E-state index contributed by atoms with van der Waals surface area (Å²) in [6.45, 7) is 4.81. The predicted octanol–water partition coefficient (Wildman–Crippen LogP) is 1.90. The Kier molecular flexibility index (Phi) is 4.24. The van der Waals surface area contributed by atoms with Crippen molar-refractivity contribution in [2.24, 2.45) is 17.3 Å². The summed E-state index contributed by atoms with van der Waals surface area (Å²) in [5.41, 5.74) is 0.0180. The van der Waals surface area contributed by atoms with Crippen LogP contribution in [0.15, 0.2) is 16.9 Å². The number of aromatic amines is 1. The molecule has 2 atom stereocenters. The first-order valence-electron chi connectivity index (χ1n) is 8.58. The number of carboxylic acid groups (broad SMARTS) is 1. The number of aromatic nitrogens is 1. The molecule has 0 bridgehead atoms. The Morgan fingerprint density at radius 1 is 1.42 bits per heavy atom. The van der Waals surface area contributed by atoms with Crippen molar-refractivity contribution < 1.29 is 14.7 Å². The number of nitrogens with zero attached hydrogens (tertiary/aromatic N) is 1. The van der Waals surface area contributed by atoms with Crippen LogP contribution in [-0.2, 0) is 11.2 Å². The zero-order valence-corrected chi connectivity index (χ0v) is 14.2. The first-order chi connectivity index (χ1) is 11.3. The fourth-order valence-corrected chi connectivity index (χ4v) is 4.25. The molecule has 0 radical (unpaired) electrons. The molecule has 2 fully saturated rings. The molecule has 6 heteroatoms. The maximum absolute atomic E-state index is 12.8. The predicted molar refractivity (Wildman–Crippen MR) is 88.9 cm³/mol. The van der Waals surface area contributed by atoms with Crippen molar-refractivity contribution in [2.45, 2.75) is 39.5 Å². The highest BCUT2D eigenvalue weighted by Gasteiger charge is 2.55. The first-order valence-corrected chi connectivity index (χ1v) is 8.58. The van der Waals surface area contributed by atoms with E-state index in [1.807, 2.05) is 13.8 Å². The first kappa shape index (κ1) is 16.7. The molecule has 1 amide bonds. The van der Waals surface area contributed by atoms with Gasteiger partial charge >= 0.3 is 5.97 Å². The van der Waals surface area contributed by atoms with Crippen LogP contribution in [0.25, 0.3) is 0 Å². The van der Waals surface area contributed by atoms with E-state index in [4.69, 9.17) is 0 Å². The van der Waals surface area contributed by atoms with Gasteiger partial charge in [0.15, 0.2) is 0 Å². The molecule has 1 aliphatic heterocycles. The number of likely N-dealkylation sites (tertiary alicyclic amines) is 1. The van der Waals surface area contributed by atoms with Crippen LogP contribution in [-0.4, -0.2) is 40.0 Å². The summed E-state index contributed by atoms with van der Waals surface area (Å²) in [6.07, 6.45) is 3.08. The number of nitrogens with one attached hydrogen (secondary N) is 1. The van der Waals surface area contributed by atoms with Crippen LogP contribution in [0.4, 0.5) is 0 Å². The number of fused-ring (bicyclic) bond motifs is 1. The molecule has 3 rings (SSSR count). The van der Waals surface area contributed by atoms with Gasteiger partial charge in [-0.1, -0.05) is 20.3 Å². The highest BCUT2D eigenvalue weighted by atomic mass is 16.4. The zero-order chi connectivity index (χ0) is 17.5. The van der Waals surface area contributed by atoms with Crippen molar-refractivity contribution in [3.8, 4) is 0 Å². The van der Waals surface area contributed by atoms with Gasteiger partial charge in [0.25, 0.3) is 5.91 Å². The summed E-state index contributed by atoms with van der Waals surface area (Å²) in [4.78, 5) is 40.8. The van der Waals surface area contributed by atoms with Crippen molar-refractivity contribution in [3.63, 3.8) is 0 Å². The summed E-state index contributed by atoms with van der Waals surface area (Å²) < 4.78 is 0. The number of pyridine rings is 1. The Labute approximate surface area is 140 Å². The minimum absolute atomic E-state index is 0.0241. The molecule has 24 heavy (non-hydrogen) atoms. The van der Waals surface area contributed by atoms with E-state index >= 15 is 0 Å². The number of hydrogen-bond acceptors (Lipinski definition) is 3. The van der Waals surface area contributed by atoms with Gasteiger partial charge in [0.1, 0.15) is 0 Å². The lowest BCUT2D eigenvalue weighted by atomic mass is 9.81. The summed E-state index contributed by atoms with van der Waals surface area (Å²) in [7, 11) is 0. The fraction of sp³-hybridized carbons (Fsp3) is 0.611. The maximum atomic E-state index is 12.8. The number of H-pyrrole nitrogens is 1. The topological polar surface area (TPSA) is 90.5 Å². The SMILES string of the molecule is CC(C)Cc1cc(C(=O)N2C[C@@H]3CCC[C@@]3(C(=O)O)C2)cc(=O)[nH]1. The zero-order valence-electron chi connectivity index (χ0n) is 14.2. The normalized spacial score (nSPS) is 26.0. The number of amides is 1. The number of aliphatic carboxylic acids is 1. The Morgan fingerprint density at radius 3 is 2.79 bits per heavy atom. The Hall–Kier alpha value is -2.11. The Balaban J connectivity index is 1.84. The smallest absolute Gasteiger partial charge is 0.311 e. The van der Waals surface area contributed by atoms with Gasteiger partial charge in [0.05, 0.1) is 5.41 Å². The van der Waals surface area contributed by atoms with Crippen molar-refractivity contribution in [2.75, 3.05) is 13.1 Å². The van der Waals surface area contributed by atoms with Gasteiger partial charge in [0, 0.05) is 30.4 Å². The highest BCUT2D eigenvalue weighted by molar-refractivity contribution is 5.95. The van der Waals surface area contributed by atoms with E-state index in [1.165, 1.54) is 6.07 Å².